The Kier molecular flexibility index (Phi) is 4.08. The Labute approximate surface area is 111 Å². The van der Waals surface area contributed by atoms with Gasteiger partial charge in [-0.2, -0.15) is 0 Å². The Hall–Kier alpha value is -0.860. The molecular formula is C16H26N2. The highest BCUT2D eigenvalue weighted by molar-refractivity contribution is 5.39. The molecule has 0 saturated carbocycles. The Morgan fingerprint density at radius 3 is 2.17 bits per heavy atom. The molecule has 1 atom stereocenters. The van der Waals surface area contributed by atoms with Crippen molar-refractivity contribution in [3.05, 3.63) is 34.4 Å². The smallest absolute Gasteiger partial charge is 0.0351 e. The second kappa shape index (κ2) is 5.41. The van der Waals surface area contributed by atoms with Crippen molar-refractivity contribution in [2.24, 2.45) is 0 Å². The zero-order valence-electron chi connectivity index (χ0n) is 12.4. The number of aryl methyl sites for hydroxylation is 3. The van der Waals surface area contributed by atoms with Crippen molar-refractivity contribution in [2.45, 2.75) is 46.7 Å². The summed E-state index contributed by atoms with van der Waals surface area (Å²) in [4.78, 5) is 2.63. The van der Waals surface area contributed by atoms with Crippen molar-refractivity contribution in [3.8, 4) is 0 Å². The monoisotopic (exact) mass is 246 g/mol. The number of hydrogen-bond acceptors (Lipinski definition) is 2. The fourth-order valence-electron chi connectivity index (χ4n) is 3.37. The zero-order chi connectivity index (χ0) is 13.3. The molecular weight excluding hydrogens is 220 g/mol. The first-order chi connectivity index (χ1) is 8.54. The SMILES string of the molecule is CCN(C1CNC1)C(C)c1c(C)cc(C)cc1C. The highest BCUT2D eigenvalue weighted by Crippen LogP contribution is 2.29. The standard InChI is InChI=1S/C16H26N2/c1-6-18(15-9-17-10-15)14(5)16-12(3)7-11(2)8-13(16)4/h7-8,14-15,17H,6,9-10H2,1-5H3. The van der Waals surface area contributed by atoms with E-state index in [0.29, 0.717) is 12.1 Å². The molecule has 1 aliphatic heterocycles. The Balaban J connectivity index is 2.29. The summed E-state index contributed by atoms with van der Waals surface area (Å²) in [6, 6.07) is 5.85. The van der Waals surface area contributed by atoms with Gasteiger partial charge in [-0.1, -0.05) is 24.6 Å². The molecule has 0 aliphatic carbocycles. The molecule has 100 valence electrons. The van der Waals surface area contributed by atoms with Crippen LogP contribution in [0, 0.1) is 20.8 Å². The van der Waals surface area contributed by atoms with Gasteiger partial charge in [0.05, 0.1) is 0 Å². The molecule has 1 aliphatic rings. The van der Waals surface area contributed by atoms with Crippen molar-refractivity contribution >= 4 is 0 Å². The van der Waals surface area contributed by atoms with Gasteiger partial charge in [-0.3, -0.25) is 4.90 Å². The lowest BCUT2D eigenvalue weighted by atomic mass is 9.92. The van der Waals surface area contributed by atoms with E-state index < -0.39 is 0 Å². The Morgan fingerprint density at radius 1 is 1.22 bits per heavy atom. The molecule has 2 heteroatoms. The van der Waals surface area contributed by atoms with Crippen LogP contribution in [-0.2, 0) is 0 Å². The van der Waals surface area contributed by atoms with E-state index in [1.165, 1.54) is 22.3 Å². The summed E-state index contributed by atoms with van der Waals surface area (Å²) in [5.41, 5.74) is 5.76. The van der Waals surface area contributed by atoms with Gasteiger partial charge in [0.2, 0.25) is 0 Å². The maximum Gasteiger partial charge on any atom is 0.0351 e. The van der Waals surface area contributed by atoms with Gasteiger partial charge in [0.1, 0.15) is 0 Å². The van der Waals surface area contributed by atoms with Gasteiger partial charge in [-0.25, -0.2) is 0 Å². The van der Waals surface area contributed by atoms with Crippen LogP contribution in [0.5, 0.6) is 0 Å². The van der Waals surface area contributed by atoms with E-state index in [1.807, 2.05) is 0 Å². The van der Waals surface area contributed by atoms with Crippen molar-refractivity contribution in [2.75, 3.05) is 19.6 Å². The summed E-state index contributed by atoms with van der Waals surface area (Å²) in [5, 5.41) is 3.38. The predicted molar refractivity (Wildman–Crippen MR) is 78.1 cm³/mol. The minimum Gasteiger partial charge on any atom is -0.314 e. The Bertz CT molecular complexity index is 398. The minimum atomic E-state index is 0.516. The number of likely N-dealkylation sites (N-methyl/N-ethyl adjacent to an activating group) is 1. The van der Waals surface area contributed by atoms with Crippen LogP contribution in [0.15, 0.2) is 12.1 Å². The fourth-order valence-corrected chi connectivity index (χ4v) is 3.37. The number of nitrogens with one attached hydrogen (secondary N) is 1. The van der Waals surface area contributed by atoms with Crippen LogP contribution in [-0.4, -0.2) is 30.6 Å². The number of rotatable bonds is 4. The van der Waals surface area contributed by atoms with Crippen LogP contribution in [0.3, 0.4) is 0 Å². The molecule has 1 aromatic rings. The molecule has 2 nitrogen and oxygen atoms in total. The van der Waals surface area contributed by atoms with Crippen LogP contribution in [0.2, 0.25) is 0 Å². The lowest BCUT2D eigenvalue weighted by molar-refractivity contribution is 0.109. The van der Waals surface area contributed by atoms with E-state index in [2.05, 4.69) is 57.0 Å². The average molecular weight is 246 g/mol. The van der Waals surface area contributed by atoms with Gasteiger partial charge in [-0.05, 0) is 50.9 Å². The first kappa shape index (κ1) is 13.6. The molecule has 1 fully saturated rings. The zero-order valence-corrected chi connectivity index (χ0v) is 12.4. The van der Waals surface area contributed by atoms with E-state index in [4.69, 9.17) is 0 Å². The second-order valence-electron chi connectivity index (χ2n) is 5.63. The molecule has 18 heavy (non-hydrogen) atoms. The molecule has 0 radical (unpaired) electrons. The summed E-state index contributed by atoms with van der Waals surface area (Å²) in [5.74, 6) is 0. The molecule has 1 unspecified atom stereocenters. The average Bonchev–Trinajstić information content (AvgIpc) is 2.21. The highest BCUT2D eigenvalue weighted by Gasteiger charge is 2.28. The number of nitrogens with zero attached hydrogens (tertiary/aromatic N) is 1. The van der Waals surface area contributed by atoms with E-state index in [-0.39, 0.29) is 0 Å². The van der Waals surface area contributed by atoms with Gasteiger partial charge < -0.3 is 5.32 Å². The van der Waals surface area contributed by atoms with Gasteiger partial charge in [0, 0.05) is 25.2 Å². The summed E-state index contributed by atoms with van der Waals surface area (Å²) in [6.45, 7) is 14.7. The molecule has 0 amide bonds. The van der Waals surface area contributed by atoms with Crippen molar-refractivity contribution in [1.29, 1.82) is 0 Å². The van der Waals surface area contributed by atoms with E-state index in [1.54, 1.807) is 0 Å². The van der Waals surface area contributed by atoms with E-state index >= 15 is 0 Å². The highest BCUT2D eigenvalue weighted by atomic mass is 15.2. The molecule has 0 bridgehead atoms. The third-order valence-corrected chi connectivity index (χ3v) is 4.25. The van der Waals surface area contributed by atoms with Crippen molar-refractivity contribution in [1.82, 2.24) is 10.2 Å². The van der Waals surface area contributed by atoms with E-state index in [9.17, 15) is 0 Å². The summed E-state index contributed by atoms with van der Waals surface area (Å²) < 4.78 is 0. The van der Waals surface area contributed by atoms with Crippen molar-refractivity contribution in [3.63, 3.8) is 0 Å². The molecule has 1 saturated heterocycles. The predicted octanol–water partition coefficient (Wildman–Crippen LogP) is 2.97. The molecule has 0 spiro atoms. The first-order valence-corrected chi connectivity index (χ1v) is 7.08. The normalized spacial score (nSPS) is 17.9. The van der Waals surface area contributed by atoms with Crippen LogP contribution in [0.1, 0.15) is 42.1 Å². The van der Waals surface area contributed by atoms with E-state index in [0.717, 1.165) is 19.6 Å². The van der Waals surface area contributed by atoms with Gasteiger partial charge in [-0.15, -0.1) is 0 Å². The maximum atomic E-state index is 3.38. The molecule has 1 heterocycles. The lowest BCUT2D eigenvalue weighted by Crippen LogP contribution is -2.57. The fraction of sp³-hybridized carbons (Fsp3) is 0.625. The largest absolute Gasteiger partial charge is 0.314 e. The third-order valence-electron chi connectivity index (χ3n) is 4.25. The topological polar surface area (TPSA) is 15.3 Å². The number of hydrogen-bond donors (Lipinski definition) is 1. The Morgan fingerprint density at radius 2 is 1.78 bits per heavy atom. The summed E-state index contributed by atoms with van der Waals surface area (Å²) in [6.07, 6.45) is 0. The molecule has 2 rings (SSSR count). The summed E-state index contributed by atoms with van der Waals surface area (Å²) >= 11 is 0. The van der Waals surface area contributed by atoms with Crippen LogP contribution >= 0.6 is 0 Å². The molecule has 0 aromatic heterocycles. The van der Waals surface area contributed by atoms with Crippen LogP contribution < -0.4 is 5.32 Å². The quantitative estimate of drug-likeness (QED) is 0.878. The first-order valence-electron chi connectivity index (χ1n) is 7.08. The third kappa shape index (κ3) is 2.45. The second-order valence-corrected chi connectivity index (χ2v) is 5.63. The van der Waals surface area contributed by atoms with Crippen molar-refractivity contribution < 1.29 is 0 Å². The number of benzene rings is 1. The lowest BCUT2D eigenvalue weighted by Gasteiger charge is -2.42. The van der Waals surface area contributed by atoms with Gasteiger partial charge in [0.15, 0.2) is 0 Å². The minimum absolute atomic E-state index is 0.516. The maximum absolute atomic E-state index is 3.38. The van der Waals surface area contributed by atoms with Crippen LogP contribution in [0.4, 0.5) is 0 Å². The van der Waals surface area contributed by atoms with Gasteiger partial charge >= 0.3 is 0 Å². The van der Waals surface area contributed by atoms with Gasteiger partial charge in [0.25, 0.3) is 0 Å². The summed E-state index contributed by atoms with van der Waals surface area (Å²) in [7, 11) is 0. The van der Waals surface area contributed by atoms with Crippen LogP contribution in [0.25, 0.3) is 0 Å². The molecule has 1 aromatic carbocycles. The molecule has 1 N–H and O–H groups in total.